The number of ether oxygens (including phenoxy) is 3. The summed E-state index contributed by atoms with van der Waals surface area (Å²) in [5.74, 6) is -3.29. The molecular formula is C17H18FNO7. The van der Waals surface area contributed by atoms with Gasteiger partial charge in [-0.15, -0.1) is 0 Å². The highest BCUT2D eigenvalue weighted by molar-refractivity contribution is 6.00. The Hall–Kier alpha value is -3.23. The number of alkyl halides is 1. The molecule has 0 atom stereocenters. The number of hydrogen-bond donors (Lipinski definition) is 2. The summed E-state index contributed by atoms with van der Waals surface area (Å²) in [7, 11) is 0. The number of benzene rings is 1. The lowest BCUT2D eigenvalue weighted by molar-refractivity contribution is 0.0507. The van der Waals surface area contributed by atoms with Gasteiger partial charge in [0.25, 0.3) is 0 Å². The zero-order valence-electron chi connectivity index (χ0n) is 14.2. The molecule has 0 aliphatic carbocycles. The molecule has 26 heavy (non-hydrogen) atoms. The molecule has 2 N–H and O–H groups in total. The highest BCUT2D eigenvalue weighted by Crippen LogP contribution is 2.39. The molecule has 1 heterocycles. The van der Waals surface area contributed by atoms with E-state index in [0.29, 0.717) is 0 Å². The van der Waals surface area contributed by atoms with Crippen LogP contribution < -0.4 is 4.74 Å². The van der Waals surface area contributed by atoms with E-state index in [9.17, 15) is 24.2 Å². The number of halogens is 1. The van der Waals surface area contributed by atoms with E-state index in [1.165, 1.54) is 24.3 Å². The van der Waals surface area contributed by atoms with E-state index >= 15 is 0 Å². The molecule has 2 aromatic rings. The molecule has 140 valence electrons. The molecule has 0 amide bonds. The smallest absolute Gasteiger partial charge is 0.359 e. The van der Waals surface area contributed by atoms with Crippen LogP contribution in [-0.4, -0.2) is 46.8 Å². The lowest BCUT2D eigenvalue weighted by Crippen LogP contribution is -2.16. The summed E-state index contributed by atoms with van der Waals surface area (Å²) in [6.45, 7) is 2.14. The molecule has 0 saturated carbocycles. The molecule has 1 aromatic heterocycles. The van der Waals surface area contributed by atoms with Gasteiger partial charge in [-0.25, -0.2) is 14.0 Å². The van der Waals surface area contributed by atoms with Crippen LogP contribution in [-0.2, 0) is 9.47 Å². The number of esters is 2. The van der Waals surface area contributed by atoms with Crippen LogP contribution in [0.5, 0.6) is 17.2 Å². The number of aromatic hydroxyl groups is 2. The van der Waals surface area contributed by atoms with Crippen molar-refractivity contribution in [2.75, 3.05) is 20.1 Å². The first-order chi connectivity index (χ1) is 12.5. The molecule has 8 nitrogen and oxygen atoms in total. The van der Waals surface area contributed by atoms with Gasteiger partial charge in [0.2, 0.25) is 6.86 Å². The Labute approximate surface area is 148 Å². The summed E-state index contributed by atoms with van der Waals surface area (Å²) in [5, 5.41) is 20.3. The zero-order chi connectivity index (χ0) is 19.3. The highest BCUT2D eigenvalue weighted by atomic mass is 19.1. The second-order valence-electron chi connectivity index (χ2n) is 4.92. The number of nitrogens with zero attached hydrogens (tertiary/aromatic N) is 1. The third kappa shape index (κ3) is 3.56. The van der Waals surface area contributed by atoms with Gasteiger partial charge in [0, 0.05) is 5.69 Å². The van der Waals surface area contributed by atoms with Gasteiger partial charge < -0.3 is 24.4 Å². The normalized spacial score (nSPS) is 10.4. The van der Waals surface area contributed by atoms with Gasteiger partial charge in [0.05, 0.1) is 13.2 Å². The number of carbonyl (C=O) groups is 2. The largest absolute Gasteiger partial charge is 0.503 e. The number of aromatic nitrogens is 1. The maximum Gasteiger partial charge on any atom is 0.359 e. The topological polar surface area (TPSA) is 107 Å². The molecule has 0 saturated heterocycles. The fourth-order valence-electron chi connectivity index (χ4n) is 2.34. The average Bonchev–Trinajstić information content (AvgIpc) is 2.88. The molecule has 0 unspecified atom stereocenters. The molecule has 0 bridgehead atoms. The van der Waals surface area contributed by atoms with E-state index in [4.69, 9.17) is 14.2 Å². The summed E-state index contributed by atoms with van der Waals surface area (Å²) in [6.07, 6.45) is 0. The van der Waals surface area contributed by atoms with E-state index in [0.717, 1.165) is 4.57 Å². The average molecular weight is 367 g/mol. The van der Waals surface area contributed by atoms with Crippen molar-refractivity contribution < 1.29 is 38.4 Å². The van der Waals surface area contributed by atoms with Crippen LogP contribution in [0.3, 0.4) is 0 Å². The minimum Gasteiger partial charge on any atom is -0.503 e. The molecule has 0 radical (unpaired) electrons. The number of hydrogen-bond acceptors (Lipinski definition) is 7. The second kappa shape index (κ2) is 8.24. The minimum atomic E-state index is -1.02. The van der Waals surface area contributed by atoms with Crippen molar-refractivity contribution in [2.45, 2.75) is 13.8 Å². The summed E-state index contributed by atoms with van der Waals surface area (Å²) >= 11 is 0. The Kier molecular flexibility index (Phi) is 6.05. The van der Waals surface area contributed by atoms with E-state index in [-0.39, 0.29) is 24.7 Å². The van der Waals surface area contributed by atoms with Crippen LogP contribution in [0.15, 0.2) is 24.3 Å². The molecule has 0 aliphatic heterocycles. The van der Waals surface area contributed by atoms with Crippen molar-refractivity contribution in [3.05, 3.63) is 35.7 Å². The fourth-order valence-corrected chi connectivity index (χ4v) is 2.34. The lowest BCUT2D eigenvalue weighted by Gasteiger charge is -2.12. The Morgan fingerprint density at radius 1 is 0.962 bits per heavy atom. The minimum absolute atomic E-state index is 0.0161. The first kappa shape index (κ1) is 19.1. The van der Waals surface area contributed by atoms with Crippen molar-refractivity contribution in [1.82, 2.24) is 4.57 Å². The van der Waals surface area contributed by atoms with Crippen LogP contribution in [0.25, 0.3) is 5.69 Å². The molecule has 0 aliphatic rings. The Morgan fingerprint density at radius 2 is 1.42 bits per heavy atom. The van der Waals surface area contributed by atoms with Crippen molar-refractivity contribution in [3.8, 4) is 22.9 Å². The molecule has 9 heteroatoms. The maximum atomic E-state index is 12.3. The Balaban J connectivity index is 2.68. The molecule has 2 rings (SSSR count). The summed E-state index contributed by atoms with van der Waals surface area (Å²) in [6, 6.07) is 5.62. The van der Waals surface area contributed by atoms with Gasteiger partial charge in [-0.3, -0.25) is 4.57 Å². The third-order valence-electron chi connectivity index (χ3n) is 3.37. The van der Waals surface area contributed by atoms with Gasteiger partial charge in [-0.05, 0) is 38.1 Å². The van der Waals surface area contributed by atoms with Crippen molar-refractivity contribution in [1.29, 1.82) is 0 Å². The molecule has 0 spiro atoms. The van der Waals surface area contributed by atoms with Gasteiger partial charge in [-0.1, -0.05) is 0 Å². The Bertz CT molecular complexity index is 757. The zero-order valence-corrected chi connectivity index (χ0v) is 14.2. The van der Waals surface area contributed by atoms with Gasteiger partial charge in [0.1, 0.15) is 5.75 Å². The monoisotopic (exact) mass is 367 g/mol. The standard InChI is InChI=1S/C17H18FNO7/c1-3-24-16(22)12-14(20)15(21)13(17(23)25-4-2)19(12)10-5-7-11(8-6-10)26-9-18/h5-8,20-21H,3-4,9H2,1-2H3. The maximum absolute atomic E-state index is 12.3. The van der Waals surface area contributed by atoms with E-state index < -0.39 is 41.7 Å². The van der Waals surface area contributed by atoms with Crippen LogP contribution in [0.4, 0.5) is 4.39 Å². The molecule has 0 fully saturated rings. The van der Waals surface area contributed by atoms with E-state index in [1.807, 2.05) is 0 Å². The predicted molar refractivity (Wildman–Crippen MR) is 87.6 cm³/mol. The molecular weight excluding hydrogens is 349 g/mol. The predicted octanol–water partition coefficient (Wildman–Crippen LogP) is 2.55. The van der Waals surface area contributed by atoms with Crippen LogP contribution in [0.1, 0.15) is 34.8 Å². The fraction of sp³-hybridized carbons (Fsp3) is 0.294. The van der Waals surface area contributed by atoms with E-state index in [2.05, 4.69) is 0 Å². The Morgan fingerprint density at radius 3 is 1.81 bits per heavy atom. The summed E-state index contributed by atoms with van der Waals surface area (Å²) < 4.78 is 27.7. The first-order valence-corrected chi connectivity index (χ1v) is 7.76. The van der Waals surface area contributed by atoms with Crippen molar-refractivity contribution in [2.24, 2.45) is 0 Å². The number of rotatable bonds is 7. The molecule has 1 aromatic carbocycles. The SMILES string of the molecule is CCOC(=O)c1c(O)c(O)c(C(=O)OCC)n1-c1ccc(OCF)cc1. The van der Waals surface area contributed by atoms with Crippen molar-refractivity contribution >= 4 is 11.9 Å². The first-order valence-electron chi connectivity index (χ1n) is 7.76. The quantitative estimate of drug-likeness (QED) is 0.724. The number of carbonyl (C=O) groups excluding carboxylic acids is 2. The third-order valence-corrected chi connectivity index (χ3v) is 3.37. The van der Waals surface area contributed by atoms with Gasteiger partial charge in [0.15, 0.2) is 22.9 Å². The second-order valence-corrected chi connectivity index (χ2v) is 4.92. The lowest BCUT2D eigenvalue weighted by atomic mass is 10.2. The highest BCUT2D eigenvalue weighted by Gasteiger charge is 2.33. The van der Waals surface area contributed by atoms with Crippen molar-refractivity contribution in [3.63, 3.8) is 0 Å². The van der Waals surface area contributed by atoms with Gasteiger partial charge >= 0.3 is 11.9 Å². The summed E-state index contributed by atoms with van der Waals surface area (Å²) in [5.41, 5.74) is -0.656. The summed E-state index contributed by atoms with van der Waals surface area (Å²) in [4.78, 5) is 24.5. The van der Waals surface area contributed by atoms with Crippen LogP contribution >= 0.6 is 0 Å². The van der Waals surface area contributed by atoms with Crippen LogP contribution in [0.2, 0.25) is 0 Å². The van der Waals surface area contributed by atoms with E-state index in [1.54, 1.807) is 13.8 Å². The van der Waals surface area contributed by atoms with Gasteiger partial charge in [-0.2, -0.15) is 0 Å². The van der Waals surface area contributed by atoms with Crippen LogP contribution in [0, 0.1) is 0 Å².